The first kappa shape index (κ1) is 12.1. The Morgan fingerprint density at radius 1 is 1.46 bits per heavy atom. The maximum atomic E-state index is 11.6. The summed E-state index contributed by atoms with van der Waals surface area (Å²) in [5, 5.41) is 0. The largest absolute Gasteiger partial charge is 0.433 e. The summed E-state index contributed by atoms with van der Waals surface area (Å²) in [5.74, 6) is 0.0437. The molecule has 1 rings (SSSR count). The fraction of sp³-hybridized carbons (Fsp3) is 0.286. The molecule has 3 nitrogen and oxygen atoms in total. The van der Waals surface area contributed by atoms with Crippen LogP contribution < -0.4 is 10.5 Å². The molecule has 0 atom stereocenters. The first-order chi connectivity index (χ1) is 5.72. The van der Waals surface area contributed by atoms with E-state index in [-0.39, 0.29) is 24.7 Å². The zero-order valence-electron chi connectivity index (χ0n) is 6.61. The fourth-order valence-corrected chi connectivity index (χ4v) is 0.704. The van der Waals surface area contributed by atoms with Crippen molar-refractivity contribution in [3.63, 3.8) is 0 Å². The predicted octanol–water partition coefficient (Wildman–Crippen LogP) is 1.56. The average molecular weight is 211 g/mol. The van der Waals surface area contributed by atoms with Gasteiger partial charge in [-0.3, -0.25) is 4.98 Å². The molecule has 6 heteroatoms. The lowest BCUT2D eigenvalue weighted by Gasteiger charge is -2.03. The van der Waals surface area contributed by atoms with Crippen molar-refractivity contribution in [2.45, 2.75) is 13.2 Å². The standard InChI is InChI=1S/C7H8F2N2O.ClH/c8-7(9)12-6-2-1-5(3-10)11-4-6;/h1-2,4,7H,3,10H2;1H. The first-order valence-electron chi connectivity index (χ1n) is 3.32. The van der Waals surface area contributed by atoms with Gasteiger partial charge >= 0.3 is 6.61 Å². The van der Waals surface area contributed by atoms with Crippen LogP contribution in [0.15, 0.2) is 18.3 Å². The van der Waals surface area contributed by atoms with Gasteiger partial charge in [-0.15, -0.1) is 12.4 Å². The van der Waals surface area contributed by atoms with Gasteiger partial charge in [0.25, 0.3) is 0 Å². The Bertz CT molecular complexity index is 243. The number of hydrogen-bond acceptors (Lipinski definition) is 3. The number of ether oxygens (including phenoxy) is 1. The van der Waals surface area contributed by atoms with Gasteiger partial charge in [-0.1, -0.05) is 0 Å². The molecule has 1 aromatic rings. The van der Waals surface area contributed by atoms with Crippen molar-refractivity contribution in [2.24, 2.45) is 5.73 Å². The quantitative estimate of drug-likeness (QED) is 0.824. The average Bonchev–Trinajstić information content (AvgIpc) is 2.05. The molecule has 2 N–H and O–H groups in total. The van der Waals surface area contributed by atoms with Crippen LogP contribution in [0.25, 0.3) is 0 Å². The molecule has 0 aromatic carbocycles. The van der Waals surface area contributed by atoms with Gasteiger partial charge in [0.15, 0.2) is 0 Å². The van der Waals surface area contributed by atoms with E-state index in [0.717, 1.165) is 0 Å². The van der Waals surface area contributed by atoms with Crippen molar-refractivity contribution in [3.05, 3.63) is 24.0 Å². The van der Waals surface area contributed by atoms with Crippen molar-refractivity contribution < 1.29 is 13.5 Å². The maximum absolute atomic E-state index is 11.6. The molecule has 0 aliphatic rings. The molecule has 0 saturated heterocycles. The first-order valence-corrected chi connectivity index (χ1v) is 3.32. The molecule has 0 spiro atoms. The lowest BCUT2D eigenvalue weighted by molar-refractivity contribution is -0.0500. The van der Waals surface area contributed by atoms with Gasteiger partial charge in [0, 0.05) is 6.54 Å². The monoisotopic (exact) mass is 210 g/mol. The molecule has 0 aliphatic heterocycles. The number of aromatic nitrogens is 1. The minimum Gasteiger partial charge on any atom is -0.433 e. The molecular weight excluding hydrogens is 202 g/mol. The summed E-state index contributed by atoms with van der Waals surface area (Å²) in [6.45, 7) is -2.52. The van der Waals surface area contributed by atoms with E-state index in [9.17, 15) is 8.78 Å². The second-order valence-electron chi connectivity index (χ2n) is 2.07. The van der Waals surface area contributed by atoms with Gasteiger partial charge in [-0.25, -0.2) is 0 Å². The smallest absolute Gasteiger partial charge is 0.387 e. The SMILES string of the molecule is Cl.NCc1ccc(OC(F)F)cn1. The lowest BCUT2D eigenvalue weighted by Crippen LogP contribution is -2.03. The van der Waals surface area contributed by atoms with Crippen molar-refractivity contribution in [3.8, 4) is 5.75 Å². The Kier molecular flexibility index (Phi) is 5.25. The van der Waals surface area contributed by atoms with Crippen molar-refractivity contribution >= 4 is 12.4 Å². The fourth-order valence-electron chi connectivity index (χ4n) is 0.704. The van der Waals surface area contributed by atoms with Crippen LogP contribution in [-0.4, -0.2) is 11.6 Å². The van der Waals surface area contributed by atoms with E-state index in [1.165, 1.54) is 18.3 Å². The Morgan fingerprint density at radius 2 is 2.15 bits per heavy atom. The molecule has 0 saturated carbocycles. The van der Waals surface area contributed by atoms with Crippen LogP contribution in [0.4, 0.5) is 8.78 Å². The zero-order valence-corrected chi connectivity index (χ0v) is 7.43. The normalized spacial score (nSPS) is 9.54. The number of pyridine rings is 1. The summed E-state index contributed by atoms with van der Waals surface area (Å²) >= 11 is 0. The lowest BCUT2D eigenvalue weighted by atomic mass is 10.3. The number of rotatable bonds is 3. The van der Waals surface area contributed by atoms with E-state index in [2.05, 4.69) is 9.72 Å². The van der Waals surface area contributed by atoms with E-state index in [1.54, 1.807) is 0 Å². The molecular formula is C7H9ClF2N2O. The second kappa shape index (κ2) is 5.66. The van der Waals surface area contributed by atoms with Gasteiger partial charge in [-0.2, -0.15) is 8.78 Å². The molecule has 0 aliphatic carbocycles. The summed E-state index contributed by atoms with van der Waals surface area (Å²) in [6.07, 6.45) is 1.22. The number of hydrogen-bond donors (Lipinski definition) is 1. The molecule has 0 bridgehead atoms. The summed E-state index contributed by atoms with van der Waals surface area (Å²) in [6, 6.07) is 2.94. The van der Waals surface area contributed by atoms with E-state index >= 15 is 0 Å². The summed E-state index contributed by atoms with van der Waals surface area (Å²) in [4.78, 5) is 3.77. The maximum Gasteiger partial charge on any atom is 0.387 e. The van der Waals surface area contributed by atoms with E-state index in [0.29, 0.717) is 5.69 Å². The molecule has 1 aromatic heterocycles. The van der Waals surface area contributed by atoms with Crippen LogP contribution in [0.5, 0.6) is 5.75 Å². The minimum absolute atomic E-state index is 0. The predicted molar refractivity (Wildman–Crippen MR) is 46.0 cm³/mol. The van der Waals surface area contributed by atoms with Gasteiger partial charge in [0.1, 0.15) is 5.75 Å². The zero-order chi connectivity index (χ0) is 8.97. The topological polar surface area (TPSA) is 48.1 Å². The van der Waals surface area contributed by atoms with Crippen LogP contribution in [0.2, 0.25) is 0 Å². The number of alkyl halides is 2. The van der Waals surface area contributed by atoms with Gasteiger partial charge in [0.05, 0.1) is 11.9 Å². The van der Waals surface area contributed by atoms with Crippen molar-refractivity contribution in [1.29, 1.82) is 0 Å². The third-order valence-corrected chi connectivity index (χ3v) is 1.23. The van der Waals surface area contributed by atoms with E-state index < -0.39 is 6.61 Å². The number of nitrogens with two attached hydrogens (primary N) is 1. The van der Waals surface area contributed by atoms with E-state index in [4.69, 9.17) is 5.73 Å². The van der Waals surface area contributed by atoms with Gasteiger partial charge in [0.2, 0.25) is 0 Å². The van der Waals surface area contributed by atoms with Crippen LogP contribution in [-0.2, 0) is 6.54 Å². The summed E-state index contributed by atoms with van der Waals surface area (Å²) in [7, 11) is 0. The highest BCUT2D eigenvalue weighted by Crippen LogP contribution is 2.11. The molecule has 0 radical (unpaired) electrons. The summed E-state index contributed by atoms with van der Waals surface area (Å²) in [5.41, 5.74) is 5.89. The van der Waals surface area contributed by atoms with Crippen LogP contribution in [0.3, 0.4) is 0 Å². The molecule has 0 amide bonds. The third-order valence-electron chi connectivity index (χ3n) is 1.23. The van der Waals surface area contributed by atoms with Crippen LogP contribution >= 0.6 is 12.4 Å². The van der Waals surface area contributed by atoms with Crippen LogP contribution in [0.1, 0.15) is 5.69 Å². The Morgan fingerprint density at radius 3 is 2.54 bits per heavy atom. The highest BCUT2D eigenvalue weighted by atomic mass is 35.5. The number of halogens is 3. The van der Waals surface area contributed by atoms with E-state index in [1.807, 2.05) is 0 Å². The third kappa shape index (κ3) is 4.00. The van der Waals surface area contributed by atoms with Crippen LogP contribution in [0, 0.1) is 0 Å². The number of nitrogens with zero attached hydrogens (tertiary/aromatic N) is 1. The highest BCUT2D eigenvalue weighted by molar-refractivity contribution is 5.85. The van der Waals surface area contributed by atoms with Gasteiger partial charge in [-0.05, 0) is 12.1 Å². The highest BCUT2D eigenvalue weighted by Gasteiger charge is 2.03. The van der Waals surface area contributed by atoms with Gasteiger partial charge < -0.3 is 10.5 Å². The second-order valence-corrected chi connectivity index (χ2v) is 2.07. The molecule has 0 unspecified atom stereocenters. The molecule has 1 heterocycles. The summed E-state index contributed by atoms with van der Waals surface area (Å²) < 4.78 is 27.3. The Hall–Kier alpha value is -0.940. The molecule has 0 fully saturated rings. The molecule has 74 valence electrons. The van der Waals surface area contributed by atoms with Crippen molar-refractivity contribution in [2.75, 3.05) is 0 Å². The van der Waals surface area contributed by atoms with Crippen molar-refractivity contribution in [1.82, 2.24) is 4.98 Å². The Balaban J connectivity index is 0.00000144. The minimum atomic E-state index is -2.81. The molecule has 13 heavy (non-hydrogen) atoms. The Labute approximate surface area is 80.3 Å².